The average Bonchev–Trinajstić information content (AvgIpc) is 2.34. The highest BCUT2D eigenvalue weighted by Crippen LogP contribution is 2.09. The van der Waals surface area contributed by atoms with Gasteiger partial charge in [-0.3, -0.25) is 4.79 Å². The first-order valence-corrected chi connectivity index (χ1v) is 8.01. The Morgan fingerprint density at radius 1 is 1.32 bits per heavy atom. The average molecular weight is 280 g/mol. The molecule has 4 heteroatoms. The van der Waals surface area contributed by atoms with Crippen molar-refractivity contribution >= 4 is 17.7 Å². The Balaban J connectivity index is 2.35. The number of hydrogen-bond acceptors (Lipinski definition) is 3. The van der Waals surface area contributed by atoms with Crippen molar-refractivity contribution in [1.82, 2.24) is 5.32 Å². The summed E-state index contributed by atoms with van der Waals surface area (Å²) in [5.74, 6) is 0.879. The molecule has 0 radical (unpaired) electrons. The second-order valence-electron chi connectivity index (χ2n) is 4.92. The molecule has 0 heterocycles. The number of nitrogens with two attached hydrogens (primary N) is 1. The molecule has 19 heavy (non-hydrogen) atoms. The molecule has 0 aliphatic heterocycles. The third kappa shape index (κ3) is 6.12. The van der Waals surface area contributed by atoms with Gasteiger partial charge in [-0.15, -0.1) is 0 Å². The van der Waals surface area contributed by atoms with Crippen molar-refractivity contribution in [3.05, 3.63) is 34.9 Å². The summed E-state index contributed by atoms with van der Waals surface area (Å²) in [6.07, 6.45) is 3.60. The molecule has 0 aliphatic rings. The number of thioether (sulfide) groups is 1. The molecule has 0 bridgehead atoms. The van der Waals surface area contributed by atoms with Crippen LogP contribution in [-0.2, 0) is 11.2 Å². The summed E-state index contributed by atoms with van der Waals surface area (Å²) in [6, 6.07) is 6.09. The monoisotopic (exact) mass is 280 g/mol. The Morgan fingerprint density at radius 3 is 2.53 bits per heavy atom. The SMILES string of the molecule is CSCC[C@H](N)C(=O)NCCc1cc(C)cc(C)c1. The van der Waals surface area contributed by atoms with Gasteiger partial charge in [0.05, 0.1) is 6.04 Å². The molecule has 0 aliphatic carbocycles. The zero-order chi connectivity index (χ0) is 14.3. The minimum atomic E-state index is -0.383. The van der Waals surface area contributed by atoms with Crippen LogP contribution in [0.3, 0.4) is 0 Å². The molecule has 3 nitrogen and oxygen atoms in total. The van der Waals surface area contributed by atoms with Crippen LogP contribution in [-0.4, -0.2) is 30.5 Å². The first-order valence-electron chi connectivity index (χ1n) is 6.62. The Morgan fingerprint density at radius 2 is 1.95 bits per heavy atom. The fraction of sp³-hybridized carbons (Fsp3) is 0.533. The molecule has 0 aromatic heterocycles. The number of nitrogens with one attached hydrogen (secondary N) is 1. The Bertz CT molecular complexity index is 400. The van der Waals surface area contributed by atoms with Crippen molar-refractivity contribution in [2.75, 3.05) is 18.6 Å². The van der Waals surface area contributed by atoms with Crippen LogP contribution in [0.1, 0.15) is 23.1 Å². The second kappa shape index (κ2) is 8.23. The quantitative estimate of drug-likeness (QED) is 0.803. The molecular weight excluding hydrogens is 256 g/mol. The van der Waals surface area contributed by atoms with E-state index >= 15 is 0 Å². The molecule has 0 saturated carbocycles. The first-order chi connectivity index (χ1) is 9.02. The van der Waals surface area contributed by atoms with Gasteiger partial charge >= 0.3 is 0 Å². The summed E-state index contributed by atoms with van der Waals surface area (Å²) < 4.78 is 0. The zero-order valence-electron chi connectivity index (χ0n) is 12.0. The van der Waals surface area contributed by atoms with E-state index in [0.717, 1.165) is 18.6 Å². The highest BCUT2D eigenvalue weighted by Gasteiger charge is 2.11. The second-order valence-corrected chi connectivity index (χ2v) is 5.91. The van der Waals surface area contributed by atoms with E-state index in [1.807, 2.05) is 6.26 Å². The van der Waals surface area contributed by atoms with Crippen molar-refractivity contribution in [2.45, 2.75) is 32.7 Å². The summed E-state index contributed by atoms with van der Waals surface area (Å²) in [5.41, 5.74) is 9.59. The molecule has 0 spiro atoms. The lowest BCUT2D eigenvalue weighted by molar-refractivity contribution is -0.122. The fourth-order valence-corrected chi connectivity index (χ4v) is 2.54. The summed E-state index contributed by atoms with van der Waals surface area (Å²) in [7, 11) is 0. The van der Waals surface area contributed by atoms with Crippen LogP contribution in [0.5, 0.6) is 0 Å². The smallest absolute Gasteiger partial charge is 0.236 e. The predicted molar refractivity (Wildman–Crippen MR) is 83.6 cm³/mol. The van der Waals surface area contributed by atoms with Gasteiger partial charge in [0.25, 0.3) is 0 Å². The molecule has 1 aromatic rings. The highest BCUT2D eigenvalue weighted by molar-refractivity contribution is 7.98. The van der Waals surface area contributed by atoms with Gasteiger partial charge in [0, 0.05) is 6.54 Å². The van der Waals surface area contributed by atoms with Crippen molar-refractivity contribution in [1.29, 1.82) is 0 Å². The number of aryl methyl sites for hydroxylation is 2. The number of carbonyl (C=O) groups excluding carboxylic acids is 1. The Labute approximate surface area is 120 Å². The molecule has 1 rings (SSSR count). The first kappa shape index (κ1) is 16.1. The van der Waals surface area contributed by atoms with Crippen LogP contribution in [0, 0.1) is 13.8 Å². The highest BCUT2D eigenvalue weighted by atomic mass is 32.2. The maximum atomic E-state index is 11.7. The van der Waals surface area contributed by atoms with Crippen molar-refractivity contribution < 1.29 is 4.79 Å². The van der Waals surface area contributed by atoms with E-state index < -0.39 is 0 Å². The molecular formula is C15H24N2OS. The molecule has 3 N–H and O–H groups in total. The lowest BCUT2D eigenvalue weighted by atomic mass is 10.1. The van der Waals surface area contributed by atoms with Crippen molar-refractivity contribution in [3.8, 4) is 0 Å². The van der Waals surface area contributed by atoms with Gasteiger partial charge in [-0.2, -0.15) is 11.8 Å². The predicted octanol–water partition coefficient (Wildman–Crippen LogP) is 2.04. The van der Waals surface area contributed by atoms with E-state index in [1.54, 1.807) is 11.8 Å². The fourth-order valence-electron chi connectivity index (χ4n) is 2.05. The standard InChI is InChI=1S/C15H24N2OS/c1-11-8-12(2)10-13(9-11)4-6-17-15(18)14(16)5-7-19-3/h8-10,14H,4-7,16H2,1-3H3,(H,17,18)/t14-/m0/s1. The number of rotatable bonds is 7. The van der Waals surface area contributed by atoms with Gasteiger partial charge < -0.3 is 11.1 Å². The van der Waals surface area contributed by atoms with Crippen LogP contribution < -0.4 is 11.1 Å². The molecule has 1 aromatic carbocycles. The normalized spacial score (nSPS) is 12.2. The van der Waals surface area contributed by atoms with Crippen LogP contribution in [0.4, 0.5) is 0 Å². The zero-order valence-corrected chi connectivity index (χ0v) is 12.8. The Kier molecular flexibility index (Phi) is 6.95. The summed E-state index contributed by atoms with van der Waals surface area (Å²) in [6.45, 7) is 4.83. The maximum absolute atomic E-state index is 11.7. The third-order valence-electron chi connectivity index (χ3n) is 2.96. The molecule has 1 atom stereocenters. The minimum absolute atomic E-state index is 0.0431. The lowest BCUT2D eigenvalue weighted by Crippen LogP contribution is -2.41. The number of amides is 1. The van der Waals surface area contributed by atoms with Gasteiger partial charge in [-0.05, 0) is 44.3 Å². The lowest BCUT2D eigenvalue weighted by Gasteiger charge is -2.12. The number of hydrogen-bond donors (Lipinski definition) is 2. The van der Waals surface area contributed by atoms with Gasteiger partial charge in [0.1, 0.15) is 0 Å². The molecule has 0 fully saturated rings. The van der Waals surface area contributed by atoms with Crippen molar-refractivity contribution in [3.63, 3.8) is 0 Å². The van der Waals surface area contributed by atoms with Crippen molar-refractivity contribution in [2.24, 2.45) is 5.73 Å². The largest absolute Gasteiger partial charge is 0.354 e. The van der Waals surface area contributed by atoms with E-state index in [9.17, 15) is 4.79 Å². The number of carbonyl (C=O) groups is 1. The van der Waals surface area contributed by atoms with Gasteiger partial charge in [0.2, 0.25) is 5.91 Å². The molecule has 0 saturated heterocycles. The van der Waals surface area contributed by atoms with Gasteiger partial charge in [-0.1, -0.05) is 29.3 Å². The minimum Gasteiger partial charge on any atom is -0.354 e. The molecule has 1 amide bonds. The Hall–Kier alpha value is -1.00. The van der Waals surface area contributed by atoms with Crippen LogP contribution in [0.15, 0.2) is 18.2 Å². The van der Waals surface area contributed by atoms with E-state index in [1.165, 1.54) is 16.7 Å². The van der Waals surface area contributed by atoms with Crippen LogP contribution in [0.25, 0.3) is 0 Å². The van der Waals surface area contributed by atoms with E-state index in [4.69, 9.17) is 5.73 Å². The summed E-state index contributed by atoms with van der Waals surface area (Å²) in [5, 5.41) is 2.91. The maximum Gasteiger partial charge on any atom is 0.236 e. The number of benzene rings is 1. The van der Waals surface area contributed by atoms with Gasteiger partial charge in [-0.25, -0.2) is 0 Å². The van der Waals surface area contributed by atoms with E-state index in [0.29, 0.717) is 6.54 Å². The molecule has 0 unspecified atom stereocenters. The van der Waals surface area contributed by atoms with Crippen LogP contribution in [0.2, 0.25) is 0 Å². The summed E-state index contributed by atoms with van der Waals surface area (Å²) in [4.78, 5) is 11.7. The molecule has 106 valence electrons. The third-order valence-corrected chi connectivity index (χ3v) is 3.61. The van der Waals surface area contributed by atoms with E-state index in [2.05, 4.69) is 37.4 Å². The van der Waals surface area contributed by atoms with Gasteiger partial charge in [0.15, 0.2) is 0 Å². The van der Waals surface area contributed by atoms with E-state index in [-0.39, 0.29) is 11.9 Å². The van der Waals surface area contributed by atoms with Crippen LogP contribution >= 0.6 is 11.8 Å². The topological polar surface area (TPSA) is 55.1 Å². The summed E-state index contributed by atoms with van der Waals surface area (Å²) >= 11 is 1.71.